The van der Waals surface area contributed by atoms with E-state index < -0.39 is 16.6 Å². The van der Waals surface area contributed by atoms with E-state index in [1.165, 1.54) is 0 Å². The number of carbonyl (C=O) groups is 2. The molecule has 3 fully saturated rings. The number of hydrogen-bond acceptors (Lipinski definition) is 4. The van der Waals surface area contributed by atoms with Gasteiger partial charge in [-0.1, -0.05) is 40.5 Å². The smallest absolute Gasteiger partial charge is 0.236 e. The van der Waals surface area contributed by atoms with Crippen molar-refractivity contribution in [3.8, 4) is 0 Å². The largest absolute Gasteiger partial charge is 0.388 e. The molecule has 0 saturated heterocycles. The maximum atomic E-state index is 13.4. The standard InChI is InChI=1S/C23H40N2O4/c1-15(2)17(22(28)11-7-12-22)24-19(26)21(9-5-6-10-21)20(27)25-18(16(3)4)23(29)13-8-14-23/h15-18,28-29H,5-14H2,1-4H3,(H,24,26)(H,25,27)/t17-,18-/m1/s1. The zero-order valence-corrected chi connectivity index (χ0v) is 18.6. The summed E-state index contributed by atoms with van der Waals surface area (Å²) in [6.45, 7) is 8.01. The molecule has 0 unspecified atom stereocenters. The zero-order valence-electron chi connectivity index (χ0n) is 18.6. The molecule has 3 aliphatic carbocycles. The minimum atomic E-state index is -1.10. The highest BCUT2D eigenvalue weighted by atomic mass is 16.3. The molecular weight excluding hydrogens is 368 g/mol. The summed E-state index contributed by atoms with van der Waals surface area (Å²) in [4.78, 5) is 26.9. The van der Waals surface area contributed by atoms with Crippen LogP contribution in [0.2, 0.25) is 0 Å². The third-order valence-corrected chi connectivity index (χ3v) is 7.83. The van der Waals surface area contributed by atoms with Crippen LogP contribution in [0.3, 0.4) is 0 Å². The van der Waals surface area contributed by atoms with E-state index in [1.54, 1.807) is 0 Å². The number of nitrogens with one attached hydrogen (secondary N) is 2. The van der Waals surface area contributed by atoms with Crippen LogP contribution in [0.5, 0.6) is 0 Å². The Bertz CT molecular complexity index is 568. The topological polar surface area (TPSA) is 98.7 Å². The minimum Gasteiger partial charge on any atom is -0.388 e. The van der Waals surface area contributed by atoms with Crippen LogP contribution in [-0.4, -0.2) is 45.3 Å². The lowest BCUT2D eigenvalue weighted by Gasteiger charge is -2.47. The van der Waals surface area contributed by atoms with Gasteiger partial charge in [0.2, 0.25) is 11.8 Å². The Labute approximate surface area is 175 Å². The molecular formula is C23H40N2O4. The Kier molecular flexibility index (Phi) is 6.36. The maximum absolute atomic E-state index is 13.4. The fourth-order valence-electron chi connectivity index (χ4n) is 5.64. The van der Waals surface area contributed by atoms with Crippen molar-refractivity contribution in [3.05, 3.63) is 0 Å². The maximum Gasteiger partial charge on any atom is 0.236 e. The molecule has 29 heavy (non-hydrogen) atoms. The molecule has 166 valence electrons. The first kappa shape index (κ1) is 22.5. The Balaban J connectivity index is 1.77. The third kappa shape index (κ3) is 4.07. The fraction of sp³-hybridized carbons (Fsp3) is 0.913. The van der Waals surface area contributed by atoms with E-state index in [-0.39, 0.29) is 35.7 Å². The van der Waals surface area contributed by atoms with Crippen LogP contribution in [-0.2, 0) is 9.59 Å². The summed E-state index contributed by atoms with van der Waals surface area (Å²) in [5.74, 6) is -0.334. The van der Waals surface area contributed by atoms with Crippen LogP contribution in [0.25, 0.3) is 0 Å². The van der Waals surface area contributed by atoms with Crippen molar-refractivity contribution in [1.29, 1.82) is 0 Å². The first-order valence-corrected chi connectivity index (χ1v) is 11.6. The molecule has 0 aliphatic heterocycles. The van der Waals surface area contributed by atoms with Crippen LogP contribution >= 0.6 is 0 Å². The highest BCUT2D eigenvalue weighted by Crippen LogP contribution is 2.43. The van der Waals surface area contributed by atoms with Crippen LogP contribution in [0.1, 0.15) is 91.9 Å². The van der Waals surface area contributed by atoms with Crippen LogP contribution in [0.15, 0.2) is 0 Å². The van der Waals surface area contributed by atoms with E-state index in [0.717, 1.165) is 25.7 Å². The first-order valence-electron chi connectivity index (χ1n) is 11.6. The number of rotatable bonds is 8. The van der Waals surface area contributed by atoms with Gasteiger partial charge in [-0.05, 0) is 63.2 Å². The van der Waals surface area contributed by atoms with Crippen LogP contribution in [0.4, 0.5) is 0 Å². The highest BCUT2D eigenvalue weighted by molar-refractivity contribution is 6.05. The second-order valence-electron chi connectivity index (χ2n) is 10.6. The van der Waals surface area contributed by atoms with Crippen molar-refractivity contribution in [3.63, 3.8) is 0 Å². The molecule has 0 bridgehead atoms. The fourth-order valence-corrected chi connectivity index (χ4v) is 5.64. The van der Waals surface area contributed by atoms with E-state index in [2.05, 4.69) is 10.6 Å². The molecule has 0 radical (unpaired) electrons. The summed E-state index contributed by atoms with van der Waals surface area (Å²) in [5, 5.41) is 27.9. The molecule has 2 amide bonds. The van der Waals surface area contributed by atoms with Gasteiger partial charge in [-0.3, -0.25) is 9.59 Å². The normalized spacial score (nSPS) is 26.3. The van der Waals surface area contributed by atoms with Crippen molar-refractivity contribution in [2.24, 2.45) is 17.3 Å². The number of aliphatic hydroxyl groups is 2. The first-order chi connectivity index (χ1) is 13.5. The molecule has 0 aromatic rings. The average molecular weight is 409 g/mol. The lowest BCUT2D eigenvalue weighted by atomic mass is 9.70. The summed E-state index contributed by atoms with van der Waals surface area (Å²) < 4.78 is 0. The lowest BCUT2D eigenvalue weighted by molar-refractivity contribution is -0.151. The monoisotopic (exact) mass is 408 g/mol. The Morgan fingerprint density at radius 1 is 0.655 bits per heavy atom. The van der Waals surface area contributed by atoms with Gasteiger partial charge in [0.15, 0.2) is 0 Å². The van der Waals surface area contributed by atoms with Gasteiger partial charge in [0.05, 0.1) is 23.3 Å². The molecule has 0 heterocycles. The Hall–Kier alpha value is -1.14. The van der Waals surface area contributed by atoms with Gasteiger partial charge in [-0.2, -0.15) is 0 Å². The highest BCUT2D eigenvalue weighted by Gasteiger charge is 2.53. The van der Waals surface area contributed by atoms with Crippen molar-refractivity contribution < 1.29 is 19.8 Å². The van der Waals surface area contributed by atoms with Gasteiger partial charge in [-0.25, -0.2) is 0 Å². The molecule has 3 aliphatic rings. The molecule has 6 heteroatoms. The van der Waals surface area contributed by atoms with E-state index >= 15 is 0 Å². The van der Waals surface area contributed by atoms with Crippen molar-refractivity contribution >= 4 is 11.8 Å². The quantitative estimate of drug-likeness (QED) is 0.464. The second-order valence-corrected chi connectivity index (χ2v) is 10.6. The average Bonchev–Trinajstić information content (AvgIpc) is 3.10. The molecule has 0 spiro atoms. The molecule has 2 atom stereocenters. The van der Waals surface area contributed by atoms with Crippen molar-refractivity contribution in [1.82, 2.24) is 10.6 Å². The Morgan fingerprint density at radius 2 is 1.00 bits per heavy atom. The summed E-state index contributed by atoms with van der Waals surface area (Å²) in [6.07, 6.45) is 7.44. The van der Waals surface area contributed by atoms with E-state index in [0.29, 0.717) is 38.5 Å². The van der Waals surface area contributed by atoms with E-state index in [1.807, 2.05) is 27.7 Å². The minimum absolute atomic E-state index is 0.0878. The van der Waals surface area contributed by atoms with Gasteiger partial charge >= 0.3 is 0 Å². The number of hydrogen-bond donors (Lipinski definition) is 4. The Morgan fingerprint density at radius 3 is 1.24 bits per heavy atom. The zero-order chi connectivity index (χ0) is 21.4. The SMILES string of the molecule is CC(C)[C@@H](NC(=O)C1(C(=O)N[C@H](C(C)C)C2(O)CCC2)CCCC1)C1(O)CCC1. The molecule has 3 rings (SSSR count). The molecule has 0 aromatic carbocycles. The molecule has 0 aromatic heterocycles. The predicted molar refractivity (Wildman–Crippen MR) is 112 cm³/mol. The van der Waals surface area contributed by atoms with Gasteiger partial charge in [0.25, 0.3) is 0 Å². The second kappa shape index (κ2) is 8.18. The lowest BCUT2D eigenvalue weighted by Crippen LogP contribution is -2.65. The number of amides is 2. The van der Waals surface area contributed by atoms with Gasteiger partial charge in [0.1, 0.15) is 5.41 Å². The summed E-state index contributed by atoms with van der Waals surface area (Å²) in [7, 11) is 0. The summed E-state index contributed by atoms with van der Waals surface area (Å²) in [6, 6.07) is -0.684. The van der Waals surface area contributed by atoms with Gasteiger partial charge < -0.3 is 20.8 Å². The van der Waals surface area contributed by atoms with E-state index in [4.69, 9.17) is 0 Å². The molecule has 6 nitrogen and oxygen atoms in total. The predicted octanol–water partition coefficient (Wildman–Crippen LogP) is 2.66. The number of carbonyl (C=O) groups excluding carboxylic acids is 2. The van der Waals surface area contributed by atoms with Crippen LogP contribution in [0, 0.1) is 17.3 Å². The molecule has 4 N–H and O–H groups in total. The summed E-state index contributed by atoms with van der Waals surface area (Å²) in [5.41, 5.74) is -2.82. The summed E-state index contributed by atoms with van der Waals surface area (Å²) >= 11 is 0. The molecule has 3 saturated carbocycles. The van der Waals surface area contributed by atoms with Gasteiger partial charge in [0, 0.05) is 0 Å². The van der Waals surface area contributed by atoms with E-state index in [9.17, 15) is 19.8 Å². The van der Waals surface area contributed by atoms with Crippen LogP contribution < -0.4 is 10.6 Å². The van der Waals surface area contributed by atoms with Gasteiger partial charge in [-0.15, -0.1) is 0 Å². The van der Waals surface area contributed by atoms with Crippen molar-refractivity contribution in [2.75, 3.05) is 0 Å². The van der Waals surface area contributed by atoms with Crippen molar-refractivity contribution in [2.45, 2.75) is 115 Å². The third-order valence-electron chi connectivity index (χ3n) is 7.83.